The number of hydrogen-bond acceptors (Lipinski definition) is 9. The summed E-state index contributed by atoms with van der Waals surface area (Å²) in [6.45, 7) is 6.83. The van der Waals surface area contributed by atoms with Gasteiger partial charge in [-0.15, -0.1) is 0 Å². The van der Waals surface area contributed by atoms with Crippen molar-refractivity contribution < 1.29 is 28.7 Å². The second kappa shape index (κ2) is 16.7. The number of aromatic nitrogens is 3. The van der Waals surface area contributed by atoms with Gasteiger partial charge in [0.05, 0.1) is 40.8 Å². The normalized spacial score (nSPS) is 15.3. The summed E-state index contributed by atoms with van der Waals surface area (Å²) in [4.78, 5) is 60.8. The van der Waals surface area contributed by atoms with E-state index in [4.69, 9.17) is 32.7 Å². The first-order valence-electron chi connectivity index (χ1n) is 17.9. The van der Waals surface area contributed by atoms with Crippen molar-refractivity contribution in [3.8, 4) is 28.1 Å². The predicted octanol–water partition coefficient (Wildman–Crippen LogP) is 5.49. The summed E-state index contributed by atoms with van der Waals surface area (Å²) in [5, 5.41) is 12.4. The molecule has 2 aliphatic rings. The van der Waals surface area contributed by atoms with Crippen molar-refractivity contribution in [1.29, 1.82) is 0 Å². The maximum absolute atomic E-state index is 13.6. The summed E-state index contributed by atoms with van der Waals surface area (Å²) in [6.07, 6.45) is 2.83. The number of imidazole rings is 1. The molecule has 1 fully saturated rings. The van der Waals surface area contributed by atoms with Crippen molar-refractivity contribution in [1.82, 2.24) is 35.4 Å². The summed E-state index contributed by atoms with van der Waals surface area (Å²) < 4.78 is 12.6. The lowest BCUT2D eigenvalue weighted by molar-refractivity contribution is -0.131. The van der Waals surface area contributed by atoms with Crippen LogP contribution in [-0.4, -0.2) is 81.6 Å². The van der Waals surface area contributed by atoms with E-state index in [1.54, 1.807) is 68.8 Å². The molecule has 2 aliphatic heterocycles. The fraction of sp³-hybridized carbons (Fsp3) is 0.385. The van der Waals surface area contributed by atoms with Crippen LogP contribution in [0.3, 0.4) is 0 Å². The molecule has 4 aromatic rings. The minimum atomic E-state index is -0.681. The number of amides is 4. The average molecular weight is 792 g/mol. The molecule has 4 N–H and O–H groups in total. The molecule has 2 aromatic heterocycles. The molecule has 0 saturated carbocycles. The molecule has 2 aromatic carbocycles. The minimum absolute atomic E-state index is 0.0822. The zero-order valence-electron chi connectivity index (χ0n) is 31.3. The summed E-state index contributed by atoms with van der Waals surface area (Å²) in [5.41, 5.74) is 4.55. The lowest BCUT2D eigenvalue weighted by Gasteiger charge is -2.27. The third-order valence-corrected chi connectivity index (χ3v) is 10.2. The van der Waals surface area contributed by atoms with Crippen LogP contribution in [0.5, 0.6) is 5.75 Å². The molecular formula is C39H44Cl2N8O6. The summed E-state index contributed by atoms with van der Waals surface area (Å²) >= 11 is 14.0. The number of alkyl carbamates (subject to hydrolysis) is 1. The van der Waals surface area contributed by atoms with E-state index in [2.05, 4.69) is 31.2 Å². The number of nitrogens with one attached hydrogen (secondary N) is 4. The Labute approximate surface area is 329 Å². The van der Waals surface area contributed by atoms with Gasteiger partial charge < -0.3 is 40.2 Å². The second-order valence-corrected chi connectivity index (χ2v) is 15.2. The molecule has 0 aliphatic carbocycles. The zero-order valence-corrected chi connectivity index (χ0v) is 32.9. The molecule has 4 amide bonds. The number of ether oxygens (including phenoxy) is 2. The first-order chi connectivity index (χ1) is 26.2. The summed E-state index contributed by atoms with van der Waals surface area (Å²) in [5.74, 6) is 0.147. The standard InChI is InChI=1S/C39H44Cl2N8O6/c1-39(2,3)55-38(53)44-20-32(51)49-16-14-29-28(21-49)46-36(48(29)4)37(52)47-27-8-6-7-25(33(27)40)26-13-15-43-35(34(26)41)22-9-10-23(30(17-22)54-5)18-42-19-24-11-12-31(50)45-24/h6-10,13,15,17,24,42H,11-12,14,16,18-21H2,1-5H3,(H,44,53)(H,45,50)(H,47,52)/t24-/m0/s1. The van der Waals surface area contributed by atoms with E-state index in [1.165, 1.54) is 0 Å². The quantitative estimate of drug-likeness (QED) is 0.154. The van der Waals surface area contributed by atoms with Gasteiger partial charge in [-0.05, 0) is 45.4 Å². The van der Waals surface area contributed by atoms with Gasteiger partial charge in [-0.1, -0.05) is 47.5 Å². The van der Waals surface area contributed by atoms with E-state index >= 15 is 0 Å². The van der Waals surface area contributed by atoms with Crippen LogP contribution in [0, 0.1) is 0 Å². The van der Waals surface area contributed by atoms with Crippen molar-refractivity contribution in [2.45, 2.75) is 64.8 Å². The van der Waals surface area contributed by atoms with Crippen LogP contribution < -0.4 is 26.0 Å². The number of carbonyl (C=O) groups is 4. The molecule has 0 unspecified atom stereocenters. The Morgan fingerprint density at radius 3 is 2.56 bits per heavy atom. The smallest absolute Gasteiger partial charge is 0.408 e. The number of methoxy groups -OCH3 is 1. The SMILES string of the molecule is COc1cc(-c2nccc(-c3cccc(NC(=O)c4nc5c(n4C)CCN(C(=O)CNC(=O)OC(C)(C)C)C5)c3Cl)c2Cl)ccc1CNC[C@@H]1CCC(=O)N1. The van der Waals surface area contributed by atoms with Gasteiger partial charge in [0.1, 0.15) is 17.9 Å². The van der Waals surface area contributed by atoms with E-state index in [0.717, 1.165) is 23.2 Å². The Morgan fingerprint density at radius 1 is 1.05 bits per heavy atom. The van der Waals surface area contributed by atoms with Crippen LogP contribution in [0.1, 0.15) is 61.2 Å². The first kappa shape index (κ1) is 39.5. The Balaban J connectivity index is 1.14. The molecule has 55 heavy (non-hydrogen) atoms. The van der Waals surface area contributed by atoms with Crippen molar-refractivity contribution in [3.05, 3.63) is 81.5 Å². The maximum Gasteiger partial charge on any atom is 0.408 e. The average Bonchev–Trinajstić information content (AvgIpc) is 3.72. The fourth-order valence-electron chi connectivity index (χ4n) is 6.63. The van der Waals surface area contributed by atoms with Crippen LogP contribution in [0.15, 0.2) is 48.7 Å². The Kier molecular flexibility index (Phi) is 12.0. The number of pyridine rings is 1. The lowest BCUT2D eigenvalue weighted by atomic mass is 10.0. The van der Waals surface area contributed by atoms with Crippen molar-refractivity contribution in [3.63, 3.8) is 0 Å². The van der Waals surface area contributed by atoms with Gasteiger partial charge in [-0.25, -0.2) is 9.78 Å². The fourth-order valence-corrected chi connectivity index (χ4v) is 7.23. The molecule has 16 heteroatoms. The molecule has 0 bridgehead atoms. The number of fused-ring (bicyclic) bond motifs is 1. The van der Waals surface area contributed by atoms with Gasteiger partial charge in [0.25, 0.3) is 5.91 Å². The second-order valence-electron chi connectivity index (χ2n) is 14.4. The van der Waals surface area contributed by atoms with Crippen molar-refractivity contribution >= 4 is 52.7 Å². The van der Waals surface area contributed by atoms with Crippen LogP contribution in [0.25, 0.3) is 22.4 Å². The zero-order chi connectivity index (χ0) is 39.4. The van der Waals surface area contributed by atoms with Gasteiger partial charge in [0, 0.05) is 79.7 Å². The third kappa shape index (κ3) is 9.21. The number of rotatable bonds is 11. The molecule has 0 radical (unpaired) electrons. The monoisotopic (exact) mass is 790 g/mol. The Bertz CT molecular complexity index is 2130. The molecule has 6 rings (SSSR count). The molecule has 1 atom stereocenters. The largest absolute Gasteiger partial charge is 0.496 e. The molecule has 4 heterocycles. The van der Waals surface area contributed by atoms with E-state index < -0.39 is 17.6 Å². The number of nitrogens with zero attached hydrogens (tertiary/aromatic N) is 4. The van der Waals surface area contributed by atoms with Crippen molar-refractivity contribution in [2.75, 3.05) is 32.1 Å². The molecular weight excluding hydrogens is 747 g/mol. The van der Waals surface area contributed by atoms with Crippen LogP contribution >= 0.6 is 23.2 Å². The van der Waals surface area contributed by atoms with E-state index in [9.17, 15) is 19.2 Å². The predicted molar refractivity (Wildman–Crippen MR) is 209 cm³/mol. The van der Waals surface area contributed by atoms with E-state index in [1.807, 2.05) is 24.3 Å². The van der Waals surface area contributed by atoms with Crippen molar-refractivity contribution in [2.24, 2.45) is 7.05 Å². The Morgan fingerprint density at radius 2 is 1.84 bits per heavy atom. The maximum atomic E-state index is 13.6. The van der Waals surface area contributed by atoms with E-state index in [0.29, 0.717) is 71.5 Å². The molecule has 290 valence electrons. The van der Waals surface area contributed by atoms with Crippen LogP contribution in [-0.2, 0) is 40.9 Å². The third-order valence-electron chi connectivity index (χ3n) is 9.37. The van der Waals surface area contributed by atoms with Gasteiger partial charge in [-0.3, -0.25) is 19.4 Å². The Hall–Kier alpha value is -5.18. The number of hydrogen-bond donors (Lipinski definition) is 4. The van der Waals surface area contributed by atoms with Gasteiger partial charge in [0.2, 0.25) is 11.8 Å². The molecule has 0 spiro atoms. The highest BCUT2D eigenvalue weighted by Crippen LogP contribution is 2.41. The van der Waals surface area contributed by atoms with E-state index in [-0.39, 0.29) is 41.8 Å². The topological polar surface area (TPSA) is 169 Å². The minimum Gasteiger partial charge on any atom is -0.496 e. The summed E-state index contributed by atoms with van der Waals surface area (Å²) in [7, 11) is 3.36. The number of halogens is 2. The molecule has 1 saturated heterocycles. The van der Waals surface area contributed by atoms with Crippen LogP contribution in [0.2, 0.25) is 10.0 Å². The van der Waals surface area contributed by atoms with Gasteiger partial charge >= 0.3 is 6.09 Å². The number of benzene rings is 2. The van der Waals surface area contributed by atoms with Crippen LogP contribution in [0.4, 0.5) is 10.5 Å². The highest BCUT2D eigenvalue weighted by atomic mass is 35.5. The number of anilines is 1. The highest BCUT2D eigenvalue weighted by Gasteiger charge is 2.29. The highest BCUT2D eigenvalue weighted by molar-refractivity contribution is 6.39. The van der Waals surface area contributed by atoms with Gasteiger partial charge in [-0.2, -0.15) is 0 Å². The lowest BCUT2D eigenvalue weighted by Crippen LogP contribution is -2.43. The number of carbonyl (C=O) groups excluding carboxylic acids is 4. The molecule has 14 nitrogen and oxygen atoms in total. The first-order valence-corrected chi connectivity index (χ1v) is 18.7. The summed E-state index contributed by atoms with van der Waals surface area (Å²) in [6, 6.07) is 12.9. The van der Waals surface area contributed by atoms with Gasteiger partial charge in [0.15, 0.2) is 5.82 Å².